The minimum absolute atomic E-state index is 0.300. The molecule has 0 heterocycles. The van der Waals surface area contributed by atoms with Crippen molar-refractivity contribution in [1.82, 2.24) is 5.43 Å². The molecule has 1 aromatic carbocycles. The summed E-state index contributed by atoms with van der Waals surface area (Å²) in [6.07, 6.45) is 5.20. The second-order valence-electron chi connectivity index (χ2n) is 2.83. The molecule has 0 bridgehead atoms. The number of benzene rings is 1. The summed E-state index contributed by atoms with van der Waals surface area (Å²) in [5.74, 6) is 7.32. The van der Waals surface area contributed by atoms with Gasteiger partial charge in [-0.2, -0.15) is 0 Å². The molecule has 68 valence electrons. The predicted molar refractivity (Wildman–Crippen MR) is 50.0 cm³/mol. The molecule has 0 aliphatic carbocycles. The van der Waals surface area contributed by atoms with Crippen molar-refractivity contribution in [3.05, 3.63) is 35.1 Å². The van der Waals surface area contributed by atoms with Crippen LogP contribution in [0.15, 0.2) is 18.2 Å². The zero-order chi connectivity index (χ0) is 9.84. The van der Waals surface area contributed by atoms with Crippen molar-refractivity contribution in [3.63, 3.8) is 0 Å². The van der Waals surface area contributed by atoms with E-state index in [-0.39, 0.29) is 5.82 Å². The molecule has 0 saturated carbocycles. The van der Waals surface area contributed by atoms with E-state index in [4.69, 9.17) is 12.3 Å². The molecule has 1 aromatic rings. The van der Waals surface area contributed by atoms with Crippen LogP contribution in [0.2, 0.25) is 0 Å². The summed E-state index contributed by atoms with van der Waals surface area (Å²) in [6, 6.07) is 4.17. The first-order chi connectivity index (χ1) is 6.17. The number of hydrogen-bond acceptors (Lipinski definition) is 2. The molecule has 0 aromatic heterocycles. The zero-order valence-corrected chi connectivity index (χ0v) is 7.34. The van der Waals surface area contributed by atoms with Gasteiger partial charge in [0.2, 0.25) is 0 Å². The number of nitrogens with two attached hydrogens (primary N) is 1. The average Bonchev–Trinajstić information content (AvgIpc) is 2.04. The van der Waals surface area contributed by atoms with E-state index < -0.39 is 6.04 Å². The normalized spacial score (nSPS) is 12.2. The Bertz CT molecular complexity index is 321. The summed E-state index contributed by atoms with van der Waals surface area (Å²) in [5, 5.41) is 0. The molecule has 0 radical (unpaired) electrons. The van der Waals surface area contributed by atoms with Crippen LogP contribution in [0.1, 0.15) is 17.2 Å². The van der Waals surface area contributed by atoms with Gasteiger partial charge in [-0.05, 0) is 30.2 Å². The Morgan fingerprint density at radius 1 is 1.54 bits per heavy atom. The third-order valence-corrected chi connectivity index (χ3v) is 1.73. The van der Waals surface area contributed by atoms with Gasteiger partial charge >= 0.3 is 0 Å². The lowest BCUT2D eigenvalue weighted by atomic mass is 10.1. The summed E-state index contributed by atoms with van der Waals surface area (Å²) < 4.78 is 12.9. The molecule has 1 rings (SSSR count). The first kappa shape index (κ1) is 9.72. The molecule has 0 aliphatic rings. The lowest BCUT2D eigenvalue weighted by Crippen LogP contribution is -2.26. The van der Waals surface area contributed by atoms with Crippen LogP contribution in [0.25, 0.3) is 0 Å². The van der Waals surface area contributed by atoms with Crippen LogP contribution >= 0.6 is 0 Å². The lowest BCUT2D eigenvalue weighted by molar-refractivity contribution is 0.614. The number of halogens is 1. The maximum absolute atomic E-state index is 12.9. The fourth-order valence-electron chi connectivity index (χ4n) is 1.17. The fourth-order valence-corrected chi connectivity index (χ4v) is 1.17. The highest BCUT2D eigenvalue weighted by molar-refractivity contribution is 5.30. The van der Waals surface area contributed by atoms with E-state index in [0.29, 0.717) is 5.56 Å². The third kappa shape index (κ3) is 2.28. The van der Waals surface area contributed by atoms with Crippen LogP contribution in [0.4, 0.5) is 4.39 Å². The first-order valence-corrected chi connectivity index (χ1v) is 3.86. The van der Waals surface area contributed by atoms with Crippen molar-refractivity contribution in [1.29, 1.82) is 0 Å². The highest BCUT2D eigenvalue weighted by Gasteiger charge is 2.06. The Labute approximate surface area is 76.9 Å². The molecular formula is C10H11FN2. The van der Waals surface area contributed by atoms with Gasteiger partial charge in [0.25, 0.3) is 0 Å². The van der Waals surface area contributed by atoms with E-state index in [9.17, 15) is 4.39 Å². The Balaban J connectivity index is 3.08. The van der Waals surface area contributed by atoms with Crippen LogP contribution in [-0.4, -0.2) is 0 Å². The van der Waals surface area contributed by atoms with Gasteiger partial charge in [0.1, 0.15) is 11.9 Å². The van der Waals surface area contributed by atoms with Gasteiger partial charge in [-0.25, -0.2) is 9.82 Å². The maximum atomic E-state index is 12.9. The molecule has 1 unspecified atom stereocenters. The first-order valence-electron chi connectivity index (χ1n) is 3.86. The number of nitrogens with one attached hydrogen (secondary N) is 1. The Morgan fingerprint density at radius 2 is 2.23 bits per heavy atom. The minimum Gasteiger partial charge on any atom is -0.270 e. The van der Waals surface area contributed by atoms with Crippen molar-refractivity contribution >= 4 is 0 Å². The topological polar surface area (TPSA) is 38.0 Å². The third-order valence-electron chi connectivity index (χ3n) is 1.73. The molecule has 0 amide bonds. The zero-order valence-electron chi connectivity index (χ0n) is 7.34. The van der Waals surface area contributed by atoms with Crippen molar-refractivity contribution in [2.24, 2.45) is 5.84 Å². The molecule has 3 heteroatoms. The van der Waals surface area contributed by atoms with Gasteiger partial charge < -0.3 is 0 Å². The molecule has 13 heavy (non-hydrogen) atoms. The molecule has 2 nitrogen and oxygen atoms in total. The number of terminal acetylenes is 1. The van der Waals surface area contributed by atoms with E-state index in [2.05, 4.69) is 11.3 Å². The molecule has 3 N–H and O–H groups in total. The molecule has 0 saturated heterocycles. The number of aryl methyl sites for hydroxylation is 1. The monoisotopic (exact) mass is 178 g/mol. The van der Waals surface area contributed by atoms with E-state index in [1.807, 2.05) is 0 Å². The van der Waals surface area contributed by atoms with E-state index in [0.717, 1.165) is 5.56 Å². The Kier molecular flexibility index (Phi) is 3.02. The van der Waals surface area contributed by atoms with E-state index >= 15 is 0 Å². The molecule has 0 fully saturated rings. The maximum Gasteiger partial charge on any atom is 0.123 e. The fraction of sp³-hybridized carbons (Fsp3) is 0.200. The Hall–Kier alpha value is -1.37. The summed E-state index contributed by atoms with van der Waals surface area (Å²) in [5.41, 5.74) is 3.91. The van der Waals surface area contributed by atoms with Crippen molar-refractivity contribution < 1.29 is 4.39 Å². The standard InChI is InChI=1S/C10H11FN2/c1-3-10(13-12)8-4-7(2)5-9(11)6-8/h1,4-6,10,13H,12H2,2H3. The number of hydrogen-bond donors (Lipinski definition) is 2. The number of rotatable bonds is 2. The predicted octanol–water partition coefficient (Wildman–Crippen LogP) is 1.27. The summed E-state index contributed by atoms with van der Waals surface area (Å²) in [7, 11) is 0. The van der Waals surface area contributed by atoms with Crippen molar-refractivity contribution in [3.8, 4) is 12.3 Å². The van der Waals surface area contributed by atoms with Gasteiger partial charge in [0.15, 0.2) is 0 Å². The largest absolute Gasteiger partial charge is 0.270 e. The number of hydrazine groups is 1. The summed E-state index contributed by atoms with van der Waals surface area (Å²) in [4.78, 5) is 0. The summed E-state index contributed by atoms with van der Waals surface area (Å²) >= 11 is 0. The van der Waals surface area contributed by atoms with Gasteiger partial charge in [-0.15, -0.1) is 6.42 Å². The van der Waals surface area contributed by atoms with Gasteiger partial charge in [-0.3, -0.25) is 5.84 Å². The lowest BCUT2D eigenvalue weighted by Gasteiger charge is -2.10. The van der Waals surface area contributed by atoms with Crippen LogP contribution in [0.3, 0.4) is 0 Å². The van der Waals surface area contributed by atoms with Crippen molar-refractivity contribution in [2.75, 3.05) is 0 Å². The molecule has 0 spiro atoms. The second-order valence-corrected chi connectivity index (χ2v) is 2.83. The average molecular weight is 178 g/mol. The van der Waals surface area contributed by atoms with Crippen LogP contribution in [0.5, 0.6) is 0 Å². The van der Waals surface area contributed by atoms with Crippen LogP contribution in [-0.2, 0) is 0 Å². The van der Waals surface area contributed by atoms with Crippen LogP contribution < -0.4 is 11.3 Å². The van der Waals surface area contributed by atoms with E-state index in [1.165, 1.54) is 12.1 Å². The van der Waals surface area contributed by atoms with Gasteiger partial charge in [-0.1, -0.05) is 12.0 Å². The molecule has 1 atom stereocenters. The SMILES string of the molecule is C#CC(NN)c1cc(C)cc(F)c1. The second kappa shape index (κ2) is 4.04. The Morgan fingerprint density at radius 3 is 2.69 bits per heavy atom. The minimum atomic E-state index is -0.436. The quantitative estimate of drug-likeness (QED) is 0.406. The van der Waals surface area contributed by atoms with Crippen LogP contribution in [0, 0.1) is 25.1 Å². The highest BCUT2D eigenvalue weighted by Crippen LogP contribution is 2.14. The summed E-state index contributed by atoms with van der Waals surface area (Å²) in [6.45, 7) is 1.80. The smallest absolute Gasteiger partial charge is 0.123 e. The van der Waals surface area contributed by atoms with E-state index in [1.54, 1.807) is 13.0 Å². The van der Waals surface area contributed by atoms with Gasteiger partial charge in [0, 0.05) is 0 Å². The highest BCUT2D eigenvalue weighted by atomic mass is 19.1. The molecule has 0 aliphatic heterocycles. The van der Waals surface area contributed by atoms with Crippen molar-refractivity contribution in [2.45, 2.75) is 13.0 Å². The molecular weight excluding hydrogens is 167 g/mol. The van der Waals surface area contributed by atoms with Gasteiger partial charge in [0.05, 0.1) is 0 Å².